The summed E-state index contributed by atoms with van der Waals surface area (Å²) >= 11 is 0.902. The molecule has 0 amide bonds. The molecule has 0 aliphatic carbocycles. The molecule has 84 valence electrons. The van der Waals surface area contributed by atoms with Crippen LogP contribution in [-0.4, -0.2) is 28.6 Å². The van der Waals surface area contributed by atoms with Gasteiger partial charge in [0, 0.05) is 5.38 Å². The zero-order valence-corrected chi connectivity index (χ0v) is 9.65. The Balaban J connectivity index is 3.43. The number of nitrogens with two attached hydrogens (primary N) is 1. The van der Waals surface area contributed by atoms with E-state index >= 15 is 0 Å². The van der Waals surface area contributed by atoms with Crippen LogP contribution < -0.4 is 9.88 Å². The van der Waals surface area contributed by atoms with Crippen LogP contribution >= 0.6 is 11.3 Å². The van der Waals surface area contributed by atoms with Crippen molar-refractivity contribution in [3.05, 3.63) is 10.3 Å². The number of thiophene rings is 1. The van der Waals surface area contributed by atoms with Gasteiger partial charge in [-0.2, -0.15) is 0 Å². The van der Waals surface area contributed by atoms with E-state index < -0.39 is 16.0 Å². The lowest BCUT2D eigenvalue weighted by Crippen LogP contribution is -2.16. The Kier molecular flexibility index (Phi) is 3.32. The van der Waals surface area contributed by atoms with Crippen molar-refractivity contribution in [2.24, 2.45) is 5.14 Å². The van der Waals surface area contributed by atoms with E-state index in [0.717, 1.165) is 18.4 Å². The van der Waals surface area contributed by atoms with Crippen molar-refractivity contribution in [2.75, 3.05) is 14.2 Å². The highest BCUT2D eigenvalue weighted by Gasteiger charge is 2.27. The maximum Gasteiger partial charge on any atom is 0.349 e. The Hall–Kier alpha value is -1.12. The summed E-state index contributed by atoms with van der Waals surface area (Å²) in [6.07, 6.45) is 0. The average molecular weight is 251 g/mol. The molecule has 1 heterocycles. The molecule has 1 aromatic rings. The molecular formula is C7H9NO5S2. The van der Waals surface area contributed by atoms with Crippen molar-refractivity contribution in [3.63, 3.8) is 0 Å². The molecule has 0 spiro atoms. The first kappa shape index (κ1) is 12.0. The van der Waals surface area contributed by atoms with Gasteiger partial charge in [0.1, 0.15) is 9.77 Å². The van der Waals surface area contributed by atoms with Crippen LogP contribution in [0.3, 0.4) is 0 Å². The van der Waals surface area contributed by atoms with Crippen LogP contribution in [0.2, 0.25) is 0 Å². The minimum absolute atomic E-state index is 0.0444. The van der Waals surface area contributed by atoms with Gasteiger partial charge in [-0.3, -0.25) is 0 Å². The largest absolute Gasteiger partial charge is 0.494 e. The van der Waals surface area contributed by atoms with Crippen LogP contribution in [0.15, 0.2) is 10.3 Å². The molecule has 0 saturated carbocycles. The summed E-state index contributed by atoms with van der Waals surface area (Å²) in [6.45, 7) is 0. The quantitative estimate of drug-likeness (QED) is 0.774. The Morgan fingerprint density at radius 1 is 1.47 bits per heavy atom. The minimum atomic E-state index is -4.00. The first-order valence-corrected chi connectivity index (χ1v) is 6.11. The van der Waals surface area contributed by atoms with Crippen LogP contribution in [-0.2, 0) is 14.8 Å². The molecule has 15 heavy (non-hydrogen) atoms. The van der Waals surface area contributed by atoms with Crippen LogP contribution in [0, 0.1) is 0 Å². The summed E-state index contributed by atoms with van der Waals surface area (Å²) < 4.78 is 31.6. The fourth-order valence-corrected chi connectivity index (χ4v) is 3.13. The highest BCUT2D eigenvalue weighted by molar-refractivity contribution is 7.89. The van der Waals surface area contributed by atoms with Gasteiger partial charge in [0.05, 0.1) is 14.2 Å². The van der Waals surface area contributed by atoms with Gasteiger partial charge in [0.25, 0.3) is 0 Å². The number of carbonyl (C=O) groups is 1. The van der Waals surface area contributed by atoms with E-state index in [1.807, 2.05) is 0 Å². The van der Waals surface area contributed by atoms with Gasteiger partial charge in [-0.05, 0) is 0 Å². The van der Waals surface area contributed by atoms with E-state index in [-0.39, 0.29) is 15.5 Å². The summed E-state index contributed by atoms with van der Waals surface area (Å²) in [6, 6.07) is 0. The van der Waals surface area contributed by atoms with Crippen LogP contribution in [0.1, 0.15) is 9.67 Å². The first-order chi connectivity index (χ1) is 6.91. The van der Waals surface area contributed by atoms with Crippen molar-refractivity contribution in [3.8, 4) is 5.75 Å². The number of ether oxygens (including phenoxy) is 2. The molecule has 0 aliphatic heterocycles. The molecule has 0 radical (unpaired) electrons. The molecule has 0 atom stereocenters. The molecule has 6 nitrogen and oxygen atoms in total. The average Bonchev–Trinajstić information content (AvgIpc) is 2.59. The lowest BCUT2D eigenvalue weighted by atomic mass is 10.4. The van der Waals surface area contributed by atoms with E-state index in [2.05, 4.69) is 4.74 Å². The number of primary sulfonamides is 1. The second-order valence-corrected chi connectivity index (χ2v) is 4.88. The van der Waals surface area contributed by atoms with Crippen molar-refractivity contribution >= 4 is 27.3 Å². The zero-order chi connectivity index (χ0) is 11.6. The standard InChI is InChI=1S/C7H9NO5S2/c1-12-4-3-14-5(7(9)13-2)6(4)15(8,10)11/h3H,1-2H3,(H2,8,10,11). The molecule has 8 heteroatoms. The Morgan fingerprint density at radius 3 is 2.47 bits per heavy atom. The number of esters is 1. The van der Waals surface area contributed by atoms with Crippen LogP contribution in [0.5, 0.6) is 5.75 Å². The number of methoxy groups -OCH3 is 2. The topological polar surface area (TPSA) is 95.7 Å². The number of hydrogen-bond acceptors (Lipinski definition) is 6. The third-order valence-electron chi connectivity index (χ3n) is 1.59. The monoisotopic (exact) mass is 251 g/mol. The maximum atomic E-state index is 11.2. The van der Waals surface area contributed by atoms with Gasteiger partial charge in [-0.25, -0.2) is 18.4 Å². The molecule has 2 N–H and O–H groups in total. The third-order valence-corrected chi connectivity index (χ3v) is 3.63. The number of hydrogen-bond donors (Lipinski definition) is 1. The maximum absolute atomic E-state index is 11.2. The molecule has 0 saturated heterocycles. The predicted octanol–water partition coefficient (Wildman–Crippen LogP) is 0.191. The summed E-state index contributed by atoms with van der Waals surface area (Å²) in [5.74, 6) is -0.713. The molecule has 1 aromatic heterocycles. The van der Waals surface area contributed by atoms with Crippen molar-refractivity contribution in [1.82, 2.24) is 0 Å². The summed E-state index contributed by atoms with van der Waals surface area (Å²) in [7, 11) is -1.56. The van der Waals surface area contributed by atoms with E-state index in [9.17, 15) is 13.2 Å². The molecule has 0 bridgehead atoms. The fourth-order valence-electron chi connectivity index (χ4n) is 0.975. The van der Waals surface area contributed by atoms with Gasteiger partial charge in [0.15, 0.2) is 5.75 Å². The lowest BCUT2D eigenvalue weighted by molar-refractivity contribution is 0.0602. The highest BCUT2D eigenvalue weighted by Crippen LogP contribution is 2.32. The predicted molar refractivity (Wildman–Crippen MR) is 53.6 cm³/mol. The van der Waals surface area contributed by atoms with Crippen LogP contribution in [0.25, 0.3) is 0 Å². The van der Waals surface area contributed by atoms with Gasteiger partial charge in [-0.1, -0.05) is 0 Å². The smallest absolute Gasteiger partial charge is 0.349 e. The third kappa shape index (κ3) is 2.28. The van der Waals surface area contributed by atoms with Crippen molar-refractivity contribution in [2.45, 2.75) is 4.90 Å². The second kappa shape index (κ2) is 4.17. The Bertz CT molecular complexity index is 476. The normalized spacial score (nSPS) is 11.1. The molecule has 1 rings (SSSR count). The summed E-state index contributed by atoms with van der Waals surface area (Å²) in [5.41, 5.74) is 0. The highest BCUT2D eigenvalue weighted by atomic mass is 32.2. The van der Waals surface area contributed by atoms with Gasteiger partial charge in [-0.15, -0.1) is 11.3 Å². The Labute approximate surface area is 90.7 Å². The van der Waals surface area contributed by atoms with E-state index in [0.29, 0.717) is 0 Å². The zero-order valence-electron chi connectivity index (χ0n) is 8.01. The van der Waals surface area contributed by atoms with Crippen molar-refractivity contribution < 1.29 is 22.7 Å². The molecule has 0 fully saturated rings. The fraction of sp³-hybridized carbons (Fsp3) is 0.286. The Morgan fingerprint density at radius 2 is 2.07 bits per heavy atom. The van der Waals surface area contributed by atoms with Gasteiger partial charge >= 0.3 is 5.97 Å². The lowest BCUT2D eigenvalue weighted by Gasteiger charge is -2.02. The number of rotatable bonds is 3. The summed E-state index contributed by atoms with van der Waals surface area (Å²) in [5, 5.41) is 6.34. The number of sulfonamides is 1. The molecule has 0 unspecified atom stereocenters. The second-order valence-electron chi connectivity index (χ2n) is 2.50. The van der Waals surface area contributed by atoms with Gasteiger partial charge < -0.3 is 9.47 Å². The molecular weight excluding hydrogens is 242 g/mol. The van der Waals surface area contributed by atoms with Gasteiger partial charge in [0.2, 0.25) is 10.0 Å². The van der Waals surface area contributed by atoms with E-state index in [4.69, 9.17) is 9.88 Å². The van der Waals surface area contributed by atoms with E-state index in [1.54, 1.807) is 0 Å². The summed E-state index contributed by atoms with van der Waals surface area (Å²) in [4.78, 5) is 10.8. The SMILES string of the molecule is COC(=O)c1scc(OC)c1S(N)(=O)=O. The van der Waals surface area contributed by atoms with E-state index in [1.165, 1.54) is 12.5 Å². The number of carbonyl (C=O) groups excluding carboxylic acids is 1. The molecule has 0 aliphatic rings. The minimum Gasteiger partial charge on any atom is -0.494 e. The first-order valence-electron chi connectivity index (χ1n) is 3.68. The van der Waals surface area contributed by atoms with Crippen molar-refractivity contribution in [1.29, 1.82) is 0 Å². The molecule has 0 aromatic carbocycles. The van der Waals surface area contributed by atoms with Crippen LogP contribution in [0.4, 0.5) is 0 Å².